The lowest BCUT2D eigenvalue weighted by atomic mass is 9.87. The quantitative estimate of drug-likeness (QED) is 0.411. The van der Waals surface area contributed by atoms with Gasteiger partial charge in [-0.3, -0.25) is 0 Å². The summed E-state index contributed by atoms with van der Waals surface area (Å²) in [7, 11) is -6.52. The SMILES string of the molecule is CS(=O)(=O)c1ccc([C@@H](CCN2CCC(CCS(=O)(=O)N3CCCCC3)CC2)c2cc(F)cc(F)c2)cc1. The van der Waals surface area contributed by atoms with Crippen LogP contribution in [0.5, 0.6) is 0 Å². The Bertz CT molecular complexity index is 1270. The van der Waals surface area contributed by atoms with Crippen molar-refractivity contribution in [1.29, 1.82) is 0 Å². The van der Waals surface area contributed by atoms with Crippen LogP contribution < -0.4 is 0 Å². The van der Waals surface area contributed by atoms with Crippen LogP contribution in [0.4, 0.5) is 8.78 Å². The van der Waals surface area contributed by atoms with Crippen LogP contribution in [0.2, 0.25) is 0 Å². The Balaban J connectivity index is 1.36. The highest BCUT2D eigenvalue weighted by Gasteiger charge is 2.27. The number of nitrogens with zero attached hydrogens (tertiary/aromatic N) is 2. The maximum Gasteiger partial charge on any atom is 0.214 e. The Morgan fingerprint density at radius 1 is 0.842 bits per heavy atom. The molecule has 0 saturated carbocycles. The Labute approximate surface area is 226 Å². The van der Waals surface area contributed by atoms with Gasteiger partial charge in [0.15, 0.2) is 9.84 Å². The molecule has 0 amide bonds. The average Bonchev–Trinajstić information content (AvgIpc) is 2.88. The lowest BCUT2D eigenvalue weighted by Gasteiger charge is -2.33. The summed E-state index contributed by atoms with van der Waals surface area (Å²) in [4.78, 5) is 2.53. The summed E-state index contributed by atoms with van der Waals surface area (Å²) in [5.41, 5.74) is 1.33. The van der Waals surface area contributed by atoms with Gasteiger partial charge in [0.05, 0.1) is 10.6 Å². The molecule has 2 heterocycles. The average molecular weight is 569 g/mol. The Morgan fingerprint density at radius 3 is 2.03 bits per heavy atom. The van der Waals surface area contributed by atoms with Crippen LogP contribution in [0.1, 0.15) is 62.0 Å². The molecule has 2 aromatic rings. The molecular formula is C28H38F2N2O4S2. The van der Waals surface area contributed by atoms with Crippen LogP contribution in [0.15, 0.2) is 47.4 Å². The first-order valence-electron chi connectivity index (χ1n) is 13.5. The van der Waals surface area contributed by atoms with E-state index in [1.54, 1.807) is 16.4 Å². The van der Waals surface area contributed by atoms with E-state index in [1.165, 1.54) is 24.3 Å². The minimum atomic E-state index is -3.35. The van der Waals surface area contributed by atoms with Gasteiger partial charge in [0, 0.05) is 31.3 Å². The number of rotatable bonds is 10. The molecular weight excluding hydrogens is 530 g/mol. The van der Waals surface area contributed by atoms with Crippen molar-refractivity contribution < 1.29 is 25.6 Å². The van der Waals surface area contributed by atoms with Crippen LogP contribution in [0.3, 0.4) is 0 Å². The molecule has 0 bridgehead atoms. The maximum absolute atomic E-state index is 14.1. The molecule has 10 heteroatoms. The highest BCUT2D eigenvalue weighted by atomic mass is 32.2. The predicted octanol–water partition coefficient (Wildman–Crippen LogP) is 4.81. The van der Waals surface area contributed by atoms with Crippen molar-refractivity contribution in [3.8, 4) is 0 Å². The summed E-state index contributed by atoms with van der Waals surface area (Å²) in [5, 5.41) is 0. The van der Waals surface area contributed by atoms with Crippen molar-refractivity contribution in [2.45, 2.75) is 55.8 Å². The molecule has 1 atom stereocenters. The molecule has 2 saturated heterocycles. The second-order valence-electron chi connectivity index (χ2n) is 10.7. The van der Waals surface area contributed by atoms with Gasteiger partial charge in [-0.05, 0) is 99.5 Å². The van der Waals surface area contributed by atoms with Crippen molar-refractivity contribution in [1.82, 2.24) is 9.21 Å². The number of sulfone groups is 1. The third-order valence-electron chi connectivity index (χ3n) is 7.93. The molecule has 6 nitrogen and oxygen atoms in total. The molecule has 0 radical (unpaired) electrons. The van der Waals surface area contributed by atoms with Crippen molar-refractivity contribution in [3.63, 3.8) is 0 Å². The van der Waals surface area contributed by atoms with Gasteiger partial charge in [-0.1, -0.05) is 18.6 Å². The number of sulfonamides is 1. The standard InChI is InChI=1S/C28H38F2N2O4S2/c1-37(33,34)27-7-5-23(6-8-27)28(24-19-25(29)21-26(30)20-24)11-17-31-15-9-22(10-16-31)12-18-38(35,36)32-13-3-2-4-14-32/h5-8,19-22,28H,2-4,9-18H2,1H3/t28-/m1/s1. The zero-order valence-electron chi connectivity index (χ0n) is 22.0. The number of halogens is 2. The monoisotopic (exact) mass is 568 g/mol. The van der Waals surface area contributed by atoms with E-state index in [4.69, 9.17) is 0 Å². The summed E-state index contributed by atoms with van der Waals surface area (Å²) < 4.78 is 78.9. The molecule has 0 aliphatic carbocycles. The van der Waals surface area contributed by atoms with E-state index < -0.39 is 31.5 Å². The van der Waals surface area contributed by atoms with E-state index in [-0.39, 0.29) is 16.6 Å². The van der Waals surface area contributed by atoms with Gasteiger partial charge in [0.1, 0.15) is 11.6 Å². The van der Waals surface area contributed by atoms with Gasteiger partial charge >= 0.3 is 0 Å². The zero-order chi connectivity index (χ0) is 27.3. The highest BCUT2D eigenvalue weighted by Crippen LogP contribution is 2.31. The van der Waals surface area contributed by atoms with Gasteiger partial charge in [-0.25, -0.2) is 29.9 Å². The molecule has 38 heavy (non-hydrogen) atoms. The van der Waals surface area contributed by atoms with Gasteiger partial charge in [-0.2, -0.15) is 0 Å². The maximum atomic E-state index is 14.1. The number of benzene rings is 2. The first-order valence-corrected chi connectivity index (χ1v) is 17.0. The van der Waals surface area contributed by atoms with E-state index in [0.717, 1.165) is 69.6 Å². The van der Waals surface area contributed by atoms with E-state index in [0.29, 0.717) is 37.4 Å². The predicted molar refractivity (Wildman–Crippen MR) is 145 cm³/mol. The minimum Gasteiger partial charge on any atom is -0.303 e. The number of piperidine rings is 2. The summed E-state index contributed by atoms with van der Waals surface area (Å²) in [6.45, 7) is 3.72. The molecule has 210 valence electrons. The molecule has 4 rings (SSSR count). The first kappa shape index (κ1) is 29.1. The fraction of sp³-hybridized carbons (Fsp3) is 0.571. The van der Waals surface area contributed by atoms with Gasteiger partial charge in [0.2, 0.25) is 10.0 Å². The fourth-order valence-corrected chi connectivity index (χ4v) is 7.98. The number of likely N-dealkylation sites (tertiary alicyclic amines) is 1. The summed E-state index contributed by atoms with van der Waals surface area (Å²) in [6, 6.07) is 10.1. The van der Waals surface area contributed by atoms with E-state index in [1.807, 2.05) is 0 Å². The summed E-state index contributed by atoms with van der Waals surface area (Å²) in [6.07, 6.45) is 7.31. The first-order chi connectivity index (χ1) is 18.0. The highest BCUT2D eigenvalue weighted by molar-refractivity contribution is 7.90. The molecule has 0 unspecified atom stereocenters. The molecule has 2 aliphatic rings. The van der Waals surface area contributed by atoms with Crippen molar-refractivity contribution >= 4 is 19.9 Å². The molecule has 0 aromatic heterocycles. The fourth-order valence-electron chi connectivity index (χ4n) is 5.65. The van der Waals surface area contributed by atoms with Crippen LogP contribution in [0, 0.1) is 17.6 Å². The summed E-state index contributed by atoms with van der Waals surface area (Å²) in [5.74, 6) is -0.978. The van der Waals surface area contributed by atoms with E-state index in [2.05, 4.69) is 4.90 Å². The Morgan fingerprint density at radius 2 is 1.45 bits per heavy atom. The van der Waals surface area contributed by atoms with Crippen molar-refractivity contribution in [2.75, 3.05) is 44.7 Å². The second kappa shape index (κ2) is 12.5. The molecule has 2 fully saturated rings. The normalized spacial score (nSPS) is 19.4. The van der Waals surface area contributed by atoms with Crippen LogP contribution >= 0.6 is 0 Å². The topological polar surface area (TPSA) is 74.8 Å². The van der Waals surface area contributed by atoms with E-state index in [9.17, 15) is 25.6 Å². The van der Waals surface area contributed by atoms with Gasteiger partial charge < -0.3 is 4.90 Å². The molecule has 0 N–H and O–H groups in total. The third kappa shape index (κ3) is 7.83. The minimum absolute atomic E-state index is 0.204. The molecule has 2 aliphatic heterocycles. The molecule has 0 spiro atoms. The number of hydrogen-bond acceptors (Lipinski definition) is 5. The van der Waals surface area contributed by atoms with Crippen LogP contribution in [-0.2, 0) is 19.9 Å². The van der Waals surface area contributed by atoms with Crippen molar-refractivity contribution in [3.05, 3.63) is 65.2 Å². The lowest BCUT2D eigenvalue weighted by molar-refractivity contribution is 0.178. The molecule has 2 aromatic carbocycles. The Hall–Kier alpha value is -1.88. The second-order valence-corrected chi connectivity index (χ2v) is 14.8. The largest absolute Gasteiger partial charge is 0.303 e. The van der Waals surface area contributed by atoms with Gasteiger partial charge in [-0.15, -0.1) is 0 Å². The van der Waals surface area contributed by atoms with Gasteiger partial charge in [0.25, 0.3) is 0 Å². The Kier molecular flexibility index (Phi) is 9.60. The lowest BCUT2D eigenvalue weighted by Crippen LogP contribution is -2.39. The smallest absolute Gasteiger partial charge is 0.214 e. The number of hydrogen-bond donors (Lipinski definition) is 0. The third-order valence-corrected chi connectivity index (χ3v) is 11.0. The van der Waals surface area contributed by atoms with Crippen molar-refractivity contribution in [2.24, 2.45) is 5.92 Å². The van der Waals surface area contributed by atoms with Crippen LogP contribution in [-0.4, -0.2) is 70.8 Å². The zero-order valence-corrected chi connectivity index (χ0v) is 23.6. The van der Waals surface area contributed by atoms with Crippen LogP contribution in [0.25, 0.3) is 0 Å². The van der Waals surface area contributed by atoms with E-state index >= 15 is 0 Å². The summed E-state index contributed by atoms with van der Waals surface area (Å²) >= 11 is 0.